The van der Waals surface area contributed by atoms with E-state index in [1.165, 1.54) is 7.11 Å². The molecule has 1 atom stereocenters. The van der Waals surface area contributed by atoms with Gasteiger partial charge >= 0.3 is 5.97 Å². The molecule has 1 aromatic heterocycles. The molecule has 3 rings (SSSR count). The monoisotopic (exact) mass is 384 g/mol. The second-order valence-corrected chi connectivity index (χ2v) is 7.41. The van der Waals surface area contributed by atoms with Crippen molar-refractivity contribution in [2.45, 2.75) is 52.2 Å². The quantitative estimate of drug-likeness (QED) is 0.555. The lowest BCUT2D eigenvalue weighted by atomic mass is 10.0. The molecular formula is C22H28N2O4. The number of hydrogen-bond acceptors (Lipinski definition) is 5. The third-order valence-electron chi connectivity index (χ3n) is 5.49. The fraction of sp³-hybridized carbons (Fsp3) is 0.455. The zero-order valence-electron chi connectivity index (χ0n) is 17.2. The third-order valence-corrected chi connectivity index (χ3v) is 5.49. The lowest BCUT2D eigenvalue weighted by molar-refractivity contribution is 0.0599. The Morgan fingerprint density at radius 3 is 2.36 bits per heavy atom. The standard InChI is InChI=1S/C22H28N2O4/c1-13-19(22(26)28-5)14(2)23-20(13)21(25)15(3)24(17-8-9-17)12-16-6-10-18(27-4)11-7-16/h6-7,10-11,15,17,23H,8-9,12H2,1-5H3/t15-/m0/s1. The largest absolute Gasteiger partial charge is 0.497 e. The van der Waals surface area contributed by atoms with Gasteiger partial charge in [-0.3, -0.25) is 9.69 Å². The number of nitrogens with one attached hydrogen (secondary N) is 1. The maximum absolute atomic E-state index is 13.3. The van der Waals surface area contributed by atoms with E-state index in [0.717, 1.165) is 24.2 Å². The summed E-state index contributed by atoms with van der Waals surface area (Å²) in [4.78, 5) is 30.6. The Bertz CT molecular complexity index is 865. The molecule has 1 heterocycles. The number of methoxy groups -OCH3 is 2. The van der Waals surface area contributed by atoms with E-state index >= 15 is 0 Å². The van der Waals surface area contributed by atoms with E-state index in [-0.39, 0.29) is 11.8 Å². The second-order valence-electron chi connectivity index (χ2n) is 7.41. The number of aromatic amines is 1. The van der Waals surface area contributed by atoms with Crippen molar-refractivity contribution in [3.8, 4) is 5.75 Å². The smallest absolute Gasteiger partial charge is 0.339 e. The lowest BCUT2D eigenvalue weighted by Gasteiger charge is -2.28. The maximum atomic E-state index is 13.3. The highest BCUT2D eigenvalue weighted by atomic mass is 16.5. The van der Waals surface area contributed by atoms with Gasteiger partial charge in [0.05, 0.1) is 31.5 Å². The summed E-state index contributed by atoms with van der Waals surface area (Å²) in [6.07, 6.45) is 2.20. The van der Waals surface area contributed by atoms with Crippen LogP contribution in [-0.4, -0.2) is 47.9 Å². The molecule has 150 valence electrons. The van der Waals surface area contributed by atoms with Gasteiger partial charge in [0.15, 0.2) is 5.78 Å². The molecule has 1 aliphatic rings. The summed E-state index contributed by atoms with van der Waals surface area (Å²) in [5, 5.41) is 0. The number of hydrogen-bond donors (Lipinski definition) is 1. The molecule has 1 N–H and O–H groups in total. The predicted molar refractivity (Wildman–Crippen MR) is 107 cm³/mol. The van der Waals surface area contributed by atoms with E-state index in [1.807, 2.05) is 31.2 Å². The molecule has 1 aliphatic carbocycles. The number of benzene rings is 1. The molecule has 1 saturated carbocycles. The Labute approximate surface area is 165 Å². The number of rotatable bonds is 8. The van der Waals surface area contributed by atoms with Crippen molar-refractivity contribution in [2.75, 3.05) is 14.2 Å². The van der Waals surface area contributed by atoms with Crippen molar-refractivity contribution in [1.29, 1.82) is 0 Å². The van der Waals surface area contributed by atoms with Gasteiger partial charge in [0.1, 0.15) is 5.75 Å². The van der Waals surface area contributed by atoms with Crippen molar-refractivity contribution in [1.82, 2.24) is 9.88 Å². The number of nitrogens with zero attached hydrogens (tertiary/aromatic N) is 1. The molecule has 0 aliphatic heterocycles. The van der Waals surface area contributed by atoms with E-state index in [0.29, 0.717) is 35.1 Å². The summed E-state index contributed by atoms with van der Waals surface area (Å²) in [6.45, 7) is 6.22. The number of esters is 1. The van der Waals surface area contributed by atoms with Gasteiger partial charge in [0.2, 0.25) is 0 Å². The number of carbonyl (C=O) groups is 2. The highest BCUT2D eigenvalue weighted by molar-refractivity contribution is 6.03. The highest BCUT2D eigenvalue weighted by Crippen LogP contribution is 2.32. The summed E-state index contributed by atoms with van der Waals surface area (Å²) in [5.41, 5.74) is 3.40. The van der Waals surface area contributed by atoms with Crippen LogP contribution in [-0.2, 0) is 11.3 Å². The van der Waals surface area contributed by atoms with E-state index in [2.05, 4.69) is 9.88 Å². The van der Waals surface area contributed by atoms with Crippen LogP contribution < -0.4 is 4.74 Å². The molecule has 0 bridgehead atoms. The topological polar surface area (TPSA) is 71.6 Å². The maximum Gasteiger partial charge on any atom is 0.339 e. The Hall–Kier alpha value is -2.60. The fourth-order valence-corrected chi connectivity index (χ4v) is 3.69. The number of aryl methyl sites for hydroxylation is 1. The molecule has 0 spiro atoms. The van der Waals surface area contributed by atoms with Crippen LogP contribution in [0.15, 0.2) is 24.3 Å². The van der Waals surface area contributed by atoms with Crippen molar-refractivity contribution >= 4 is 11.8 Å². The Kier molecular flexibility index (Phi) is 5.89. The van der Waals surface area contributed by atoms with Crippen molar-refractivity contribution in [3.05, 3.63) is 52.3 Å². The summed E-state index contributed by atoms with van der Waals surface area (Å²) in [6, 6.07) is 8.06. The van der Waals surface area contributed by atoms with Crippen LogP contribution >= 0.6 is 0 Å². The average Bonchev–Trinajstić information content (AvgIpc) is 3.50. The Morgan fingerprint density at radius 1 is 1.18 bits per heavy atom. The van der Waals surface area contributed by atoms with Crippen LogP contribution in [0.3, 0.4) is 0 Å². The van der Waals surface area contributed by atoms with Gasteiger partial charge in [0, 0.05) is 18.3 Å². The van der Waals surface area contributed by atoms with Gasteiger partial charge in [-0.1, -0.05) is 12.1 Å². The van der Waals surface area contributed by atoms with E-state index in [9.17, 15) is 9.59 Å². The molecule has 0 unspecified atom stereocenters. The van der Waals surface area contributed by atoms with E-state index in [4.69, 9.17) is 9.47 Å². The van der Waals surface area contributed by atoms with Crippen LogP contribution in [0.5, 0.6) is 5.75 Å². The van der Waals surface area contributed by atoms with Crippen molar-refractivity contribution < 1.29 is 19.1 Å². The normalized spacial score (nSPS) is 14.8. The Morgan fingerprint density at radius 2 is 1.82 bits per heavy atom. The molecule has 0 saturated heterocycles. The third kappa shape index (κ3) is 3.97. The first-order valence-electron chi connectivity index (χ1n) is 9.57. The first-order valence-corrected chi connectivity index (χ1v) is 9.57. The van der Waals surface area contributed by atoms with Crippen LogP contribution in [0.1, 0.15) is 57.4 Å². The molecule has 1 fully saturated rings. The van der Waals surface area contributed by atoms with Crippen LogP contribution in [0.25, 0.3) is 0 Å². The zero-order valence-corrected chi connectivity index (χ0v) is 17.2. The van der Waals surface area contributed by atoms with E-state index < -0.39 is 5.97 Å². The van der Waals surface area contributed by atoms with Crippen LogP contribution in [0, 0.1) is 13.8 Å². The minimum absolute atomic E-state index is 0.00355. The summed E-state index contributed by atoms with van der Waals surface area (Å²) < 4.78 is 10.1. The second kappa shape index (κ2) is 8.19. The molecule has 0 amide bonds. The van der Waals surface area contributed by atoms with Gasteiger partial charge in [-0.25, -0.2) is 4.79 Å². The van der Waals surface area contributed by atoms with Gasteiger partial charge < -0.3 is 14.5 Å². The summed E-state index contributed by atoms with van der Waals surface area (Å²) in [5.74, 6) is 0.394. The highest BCUT2D eigenvalue weighted by Gasteiger charge is 2.36. The number of carbonyl (C=O) groups excluding carboxylic acids is 2. The lowest BCUT2D eigenvalue weighted by Crippen LogP contribution is -2.40. The number of ketones is 1. The molecule has 0 radical (unpaired) electrons. The van der Waals surface area contributed by atoms with Gasteiger partial charge in [-0.2, -0.15) is 0 Å². The predicted octanol–water partition coefficient (Wildman–Crippen LogP) is 3.66. The molecular weight excluding hydrogens is 356 g/mol. The molecule has 1 aromatic carbocycles. The summed E-state index contributed by atoms with van der Waals surface area (Å²) >= 11 is 0. The summed E-state index contributed by atoms with van der Waals surface area (Å²) in [7, 11) is 3.00. The Balaban J connectivity index is 1.82. The number of Topliss-reactive ketones (excluding diaryl/α,β-unsaturated/α-hetero) is 1. The van der Waals surface area contributed by atoms with Crippen LogP contribution in [0.4, 0.5) is 0 Å². The fourth-order valence-electron chi connectivity index (χ4n) is 3.69. The number of ether oxygens (including phenoxy) is 2. The minimum Gasteiger partial charge on any atom is -0.497 e. The van der Waals surface area contributed by atoms with Gasteiger partial charge in [-0.05, 0) is 56.9 Å². The first kappa shape index (κ1) is 20.1. The molecule has 6 nitrogen and oxygen atoms in total. The van der Waals surface area contributed by atoms with Crippen molar-refractivity contribution in [2.24, 2.45) is 0 Å². The average molecular weight is 384 g/mol. The van der Waals surface area contributed by atoms with E-state index in [1.54, 1.807) is 21.0 Å². The minimum atomic E-state index is -0.421. The molecule has 6 heteroatoms. The number of H-pyrrole nitrogens is 1. The first-order chi connectivity index (χ1) is 13.4. The van der Waals surface area contributed by atoms with Crippen molar-refractivity contribution in [3.63, 3.8) is 0 Å². The molecule has 28 heavy (non-hydrogen) atoms. The van der Waals surface area contributed by atoms with Gasteiger partial charge in [0.25, 0.3) is 0 Å². The van der Waals surface area contributed by atoms with Gasteiger partial charge in [-0.15, -0.1) is 0 Å². The SMILES string of the molecule is COC(=O)c1c(C)[nH]c(C(=O)[C@H](C)N(Cc2ccc(OC)cc2)C2CC2)c1C. The number of aromatic nitrogens is 1. The van der Waals surface area contributed by atoms with Crippen LogP contribution in [0.2, 0.25) is 0 Å². The molecule has 2 aromatic rings. The zero-order chi connectivity index (χ0) is 20.4.